The third kappa shape index (κ3) is 2.97. The summed E-state index contributed by atoms with van der Waals surface area (Å²) in [5, 5.41) is 8.15. The lowest BCUT2D eigenvalue weighted by Crippen LogP contribution is -2.05. The standard InChI is InChI=1S/C16H14FN3O/c17-13-9-7-12(8-10-13)16(21)6-3-11-20-15-5-2-1-4-14(15)18-19-20/h1-2,4-5,7-10H,3,6,11H2. The van der Waals surface area contributed by atoms with E-state index in [0.29, 0.717) is 24.9 Å². The largest absolute Gasteiger partial charge is 0.294 e. The van der Waals surface area contributed by atoms with Crippen molar-refractivity contribution in [2.75, 3.05) is 0 Å². The molecule has 0 saturated heterocycles. The smallest absolute Gasteiger partial charge is 0.162 e. The van der Waals surface area contributed by atoms with Gasteiger partial charge in [-0.1, -0.05) is 17.3 Å². The first-order chi connectivity index (χ1) is 10.2. The van der Waals surface area contributed by atoms with E-state index < -0.39 is 0 Å². The van der Waals surface area contributed by atoms with E-state index in [-0.39, 0.29) is 11.6 Å². The van der Waals surface area contributed by atoms with Crippen LogP contribution in [0.2, 0.25) is 0 Å². The Morgan fingerprint density at radius 1 is 1.10 bits per heavy atom. The van der Waals surface area contributed by atoms with Crippen LogP contribution in [0.5, 0.6) is 0 Å². The maximum Gasteiger partial charge on any atom is 0.162 e. The zero-order valence-electron chi connectivity index (χ0n) is 11.4. The van der Waals surface area contributed by atoms with E-state index in [0.717, 1.165) is 11.0 Å². The highest BCUT2D eigenvalue weighted by atomic mass is 19.1. The van der Waals surface area contributed by atoms with Crippen molar-refractivity contribution < 1.29 is 9.18 Å². The third-order valence-corrected chi connectivity index (χ3v) is 3.36. The second-order valence-electron chi connectivity index (χ2n) is 4.83. The first-order valence-corrected chi connectivity index (χ1v) is 6.81. The number of aromatic nitrogens is 3. The zero-order chi connectivity index (χ0) is 14.7. The first-order valence-electron chi connectivity index (χ1n) is 6.81. The van der Waals surface area contributed by atoms with E-state index in [2.05, 4.69) is 10.3 Å². The number of aryl methyl sites for hydroxylation is 1. The topological polar surface area (TPSA) is 47.8 Å². The van der Waals surface area contributed by atoms with E-state index in [1.165, 1.54) is 24.3 Å². The second kappa shape index (κ2) is 5.83. The van der Waals surface area contributed by atoms with Gasteiger partial charge in [0, 0.05) is 18.5 Å². The Morgan fingerprint density at radius 2 is 1.86 bits per heavy atom. The minimum atomic E-state index is -0.333. The lowest BCUT2D eigenvalue weighted by Gasteiger charge is -2.03. The van der Waals surface area contributed by atoms with Crippen LogP contribution in [0.25, 0.3) is 11.0 Å². The van der Waals surface area contributed by atoms with Gasteiger partial charge in [0.1, 0.15) is 11.3 Å². The van der Waals surface area contributed by atoms with Crippen LogP contribution in [0, 0.1) is 5.82 Å². The van der Waals surface area contributed by atoms with Crippen molar-refractivity contribution in [3.05, 3.63) is 59.9 Å². The Bertz CT molecular complexity index is 765. The summed E-state index contributed by atoms with van der Waals surface area (Å²) < 4.78 is 14.6. The van der Waals surface area contributed by atoms with E-state index in [4.69, 9.17) is 0 Å². The molecule has 0 aliphatic heterocycles. The molecule has 4 nitrogen and oxygen atoms in total. The van der Waals surface area contributed by atoms with Gasteiger partial charge in [-0.3, -0.25) is 4.79 Å². The number of para-hydroxylation sites is 1. The number of carbonyl (C=O) groups excluding carboxylic acids is 1. The highest BCUT2D eigenvalue weighted by Gasteiger charge is 2.07. The highest BCUT2D eigenvalue weighted by Crippen LogP contribution is 2.12. The Kier molecular flexibility index (Phi) is 3.73. The second-order valence-corrected chi connectivity index (χ2v) is 4.83. The molecular weight excluding hydrogens is 269 g/mol. The fourth-order valence-corrected chi connectivity index (χ4v) is 2.25. The first kappa shape index (κ1) is 13.4. The predicted octanol–water partition coefficient (Wildman–Crippen LogP) is 3.23. The molecule has 1 aromatic heterocycles. The molecule has 0 N–H and O–H groups in total. The quantitative estimate of drug-likeness (QED) is 0.675. The predicted molar refractivity (Wildman–Crippen MR) is 77.5 cm³/mol. The number of rotatable bonds is 5. The van der Waals surface area contributed by atoms with Crippen molar-refractivity contribution in [1.29, 1.82) is 0 Å². The molecule has 0 unspecified atom stereocenters. The molecule has 2 aromatic carbocycles. The van der Waals surface area contributed by atoms with Crippen LogP contribution in [0.15, 0.2) is 48.5 Å². The molecular formula is C16H14FN3O. The number of halogens is 1. The number of ketones is 1. The average Bonchev–Trinajstić information content (AvgIpc) is 2.91. The molecule has 0 fully saturated rings. The lowest BCUT2D eigenvalue weighted by molar-refractivity contribution is 0.0978. The van der Waals surface area contributed by atoms with Gasteiger partial charge in [-0.15, -0.1) is 5.10 Å². The monoisotopic (exact) mass is 283 g/mol. The molecule has 0 saturated carbocycles. The molecule has 5 heteroatoms. The van der Waals surface area contributed by atoms with Crippen molar-refractivity contribution in [3.63, 3.8) is 0 Å². The summed E-state index contributed by atoms with van der Waals surface area (Å²) >= 11 is 0. The van der Waals surface area contributed by atoms with Crippen LogP contribution in [-0.4, -0.2) is 20.8 Å². The summed E-state index contributed by atoms with van der Waals surface area (Å²) in [6.45, 7) is 0.632. The van der Waals surface area contributed by atoms with Crippen LogP contribution < -0.4 is 0 Å². The number of carbonyl (C=O) groups is 1. The highest BCUT2D eigenvalue weighted by molar-refractivity contribution is 5.95. The molecule has 3 aromatic rings. The van der Waals surface area contributed by atoms with Crippen molar-refractivity contribution in [2.45, 2.75) is 19.4 Å². The normalized spacial score (nSPS) is 10.9. The number of Topliss-reactive ketones (excluding diaryl/α,β-unsaturated/α-hetero) is 1. The summed E-state index contributed by atoms with van der Waals surface area (Å²) in [5.41, 5.74) is 2.36. The molecule has 1 heterocycles. The summed E-state index contributed by atoms with van der Waals surface area (Å²) in [5.74, 6) is -0.319. The maximum atomic E-state index is 12.8. The molecule has 0 aliphatic rings. The van der Waals surface area contributed by atoms with Gasteiger partial charge in [0.25, 0.3) is 0 Å². The van der Waals surface area contributed by atoms with Crippen LogP contribution in [0.3, 0.4) is 0 Å². The minimum Gasteiger partial charge on any atom is -0.294 e. The van der Waals surface area contributed by atoms with Crippen LogP contribution in [0.1, 0.15) is 23.2 Å². The Morgan fingerprint density at radius 3 is 2.67 bits per heavy atom. The Hall–Kier alpha value is -2.56. The SMILES string of the molecule is O=C(CCCn1nnc2ccccc21)c1ccc(F)cc1. The molecule has 0 radical (unpaired) electrons. The van der Waals surface area contributed by atoms with E-state index in [9.17, 15) is 9.18 Å². The van der Waals surface area contributed by atoms with E-state index in [1.807, 2.05) is 24.3 Å². The third-order valence-electron chi connectivity index (χ3n) is 3.36. The molecule has 0 spiro atoms. The van der Waals surface area contributed by atoms with Gasteiger partial charge < -0.3 is 0 Å². The number of hydrogen-bond donors (Lipinski definition) is 0. The summed E-state index contributed by atoms with van der Waals surface area (Å²) in [6.07, 6.45) is 1.07. The minimum absolute atomic E-state index is 0.0134. The molecule has 0 atom stereocenters. The zero-order valence-corrected chi connectivity index (χ0v) is 11.4. The fraction of sp³-hybridized carbons (Fsp3) is 0.188. The van der Waals surface area contributed by atoms with Gasteiger partial charge in [0.2, 0.25) is 0 Å². The molecule has 0 amide bonds. The number of hydrogen-bond acceptors (Lipinski definition) is 3. The van der Waals surface area contributed by atoms with Crippen molar-refractivity contribution >= 4 is 16.8 Å². The van der Waals surface area contributed by atoms with Gasteiger partial charge in [-0.05, 0) is 42.8 Å². The van der Waals surface area contributed by atoms with Gasteiger partial charge in [-0.2, -0.15) is 0 Å². The number of nitrogens with zero attached hydrogens (tertiary/aromatic N) is 3. The van der Waals surface area contributed by atoms with Crippen LogP contribution >= 0.6 is 0 Å². The molecule has 0 bridgehead atoms. The van der Waals surface area contributed by atoms with Crippen molar-refractivity contribution in [1.82, 2.24) is 15.0 Å². The van der Waals surface area contributed by atoms with Crippen molar-refractivity contribution in [2.24, 2.45) is 0 Å². The van der Waals surface area contributed by atoms with Gasteiger partial charge >= 0.3 is 0 Å². The van der Waals surface area contributed by atoms with E-state index in [1.54, 1.807) is 4.68 Å². The van der Waals surface area contributed by atoms with Gasteiger partial charge in [0.15, 0.2) is 5.78 Å². The summed E-state index contributed by atoms with van der Waals surface area (Å²) in [7, 11) is 0. The Labute approximate surface area is 121 Å². The lowest BCUT2D eigenvalue weighted by atomic mass is 10.1. The van der Waals surface area contributed by atoms with Crippen LogP contribution in [-0.2, 0) is 6.54 Å². The maximum absolute atomic E-state index is 12.8. The molecule has 21 heavy (non-hydrogen) atoms. The van der Waals surface area contributed by atoms with Crippen LogP contribution in [0.4, 0.5) is 4.39 Å². The summed E-state index contributed by atoms with van der Waals surface area (Å²) in [6, 6.07) is 13.4. The van der Waals surface area contributed by atoms with E-state index >= 15 is 0 Å². The Balaban J connectivity index is 1.61. The number of fused-ring (bicyclic) bond motifs is 1. The fourth-order valence-electron chi connectivity index (χ4n) is 2.25. The molecule has 0 aliphatic carbocycles. The van der Waals surface area contributed by atoms with Gasteiger partial charge in [0.05, 0.1) is 5.52 Å². The number of benzene rings is 2. The molecule has 3 rings (SSSR count). The summed E-state index contributed by atoms with van der Waals surface area (Å²) in [4.78, 5) is 12.0. The average molecular weight is 283 g/mol. The van der Waals surface area contributed by atoms with Gasteiger partial charge in [-0.25, -0.2) is 9.07 Å². The molecule has 106 valence electrons. The van der Waals surface area contributed by atoms with Crippen molar-refractivity contribution in [3.8, 4) is 0 Å².